The standard InChI is InChI=1S/C14H20ClN/c1-2-6-12-11-13(15)7-8-14(12)16-9-4-3-5-10-16/h7-8,11H,2-6,9-10H2,1H3. The fourth-order valence-corrected chi connectivity index (χ4v) is 2.66. The number of halogens is 1. The van der Waals surface area contributed by atoms with Crippen LogP contribution >= 0.6 is 11.6 Å². The van der Waals surface area contributed by atoms with E-state index in [1.807, 2.05) is 6.07 Å². The second-order valence-corrected chi connectivity index (χ2v) is 5.01. The molecular formula is C14H20ClN. The number of piperidine rings is 1. The number of rotatable bonds is 3. The Hall–Kier alpha value is -0.690. The van der Waals surface area contributed by atoms with Crippen molar-refractivity contribution in [1.29, 1.82) is 0 Å². The van der Waals surface area contributed by atoms with Crippen LogP contribution in [0.1, 0.15) is 38.2 Å². The Balaban J connectivity index is 2.23. The molecule has 1 fully saturated rings. The molecule has 1 saturated heterocycles. The van der Waals surface area contributed by atoms with E-state index in [2.05, 4.69) is 24.0 Å². The van der Waals surface area contributed by atoms with Crippen molar-refractivity contribution in [3.63, 3.8) is 0 Å². The molecule has 16 heavy (non-hydrogen) atoms. The molecular weight excluding hydrogens is 218 g/mol. The van der Waals surface area contributed by atoms with E-state index in [0.717, 1.165) is 11.4 Å². The van der Waals surface area contributed by atoms with E-state index in [1.165, 1.54) is 50.0 Å². The third kappa shape index (κ3) is 2.70. The fourth-order valence-electron chi connectivity index (χ4n) is 2.47. The maximum atomic E-state index is 6.07. The third-order valence-corrected chi connectivity index (χ3v) is 3.49. The highest BCUT2D eigenvalue weighted by atomic mass is 35.5. The largest absolute Gasteiger partial charge is 0.371 e. The van der Waals surface area contributed by atoms with Crippen LogP contribution in [0.4, 0.5) is 5.69 Å². The van der Waals surface area contributed by atoms with Gasteiger partial charge in [-0.25, -0.2) is 0 Å². The quantitative estimate of drug-likeness (QED) is 0.759. The van der Waals surface area contributed by atoms with E-state index >= 15 is 0 Å². The SMILES string of the molecule is CCCc1cc(Cl)ccc1N1CCCCC1. The first kappa shape index (κ1) is 11.8. The van der Waals surface area contributed by atoms with Gasteiger partial charge in [-0.3, -0.25) is 0 Å². The maximum Gasteiger partial charge on any atom is 0.0410 e. The molecule has 0 saturated carbocycles. The van der Waals surface area contributed by atoms with Gasteiger partial charge < -0.3 is 4.90 Å². The second-order valence-electron chi connectivity index (χ2n) is 4.57. The summed E-state index contributed by atoms with van der Waals surface area (Å²) >= 11 is 6.07. The zero-order chi connectivity index (χ0) is 11.4. The zero-order valence-electron chi connectivity index (χ0n) is 10.0. The molecule has 0 radical (unpaired) electrons. The Morgan fingerprint density at radius 3 is 2.62 bits per heavy atom. The monoisotopic (exact) mass is 237 g/mol. The number of benzene rings is 1. The van der Waals surface area contributed by atoms with E-state index < -0.39 is 0 Å². The summed E-state index contributed by atoms with van der Waals surface area (Å²) < 4.78 is 0. The first-order valence-corrected chi connectivity index (χ1v) is 6.72. The van der Waals surface area contributed by atoms with Gasteiger partial charge in [-0.2, -0.15) is 0 Å². The van der Waals surface area contributed by atoms with Crippen LogP contribution in [0.15, 0.2) is 18.2 Å². The topological polar surface area (TPSA) is 3.24 Å². The van der Waals surface area contributed by atoms with Crippen molar-refractivity contribution < 1.29 is 0 Å². The predicted octanol–water partition coefficient (Wildman–Crippen LogP) is 4.28. The number of hydrogen-bond donors (Lipinski definition) is 0. The summed E-state index contributed by atoms with van der Waals surface area (Å²) in [6.45, 7) is 4.64. The molecule has 1 heterocycles. The summed E-state index contributed by atoms with van der Waals surface area (Å²) in [5.41, 5.74) is 2.82. The van der Waals surface area contributed by atoms with Crippen LogP contribution in [0, 0.1) is 0 Å². The molecule has 1 aromatic rings. The van der Waals surface area contributed by atoms with Crippen LogP contribution in [-0.2, 0) is 6.42 Å². The third-order valence-electron chi connectivity index (χ3n) is 3.26. The van der Waals surface area contributed by atoms with Gasteiger partial charge >= 0.3 is 0 Å². The van der Waals surface area contributed by atoms with Crippen LogP contribution < -0.4 is 4.90 Å². The van der Waals surface area contributed by atoms with Crippen LogP contribution in [0.3, 0.4) is 0 Å². The van der Waals surface area contributed by atoms with Crippen molar-refractivity contribution in [3.05, 3.63) is 28.8 Å². The zero-order valence-corrected chi connectivity index (χ0v) is 10.8. The highest BCUT2D eigenvalue weighted by Crippen LogP contribution is 2.27. The Morgan fingerprint density at radius 1 is 1.19 bits per heavy atom. The molecule has 2 heteroatoms. The van der Waals surface area contributed by atoms with Crippen molar-refractivity contribution in [2.45, 2.75) is 39.0 Å². The van der Waals surface area contributed by atoms with E-state index in [0.29, 0.717) is 0 Å². The lowest BCUT2D eigenvalue weighted by Crippen LogP contribution is -2.30. The first-order chi connectivity index (χ1) is 7.81. The van der Waals surface area contributed by atoms with Gasteiger partial charge in [-0.05, 0) is 49.4 Å². The van der Waals surface area contributed by atoms with Gasteiger partial charge in [0.15, 0.2) is 0 Å². The van der Waals surface area contributed by atoms with Crippen molar-refractivity contribution in [2.75, 3.05) is 18.0 Å². The van der Waals surface area contributed by atoms with Gasteiger partial charge in [0.25, 0.3) is 0 Å². The minimum absolute atomic E-state index is 0.865. The van der Waals surface area contributed by atoms with Crippen LogP contribution in [0.25, 0.3) is 0 Å². The van der Waals surface area contributed by atoms with Gasteiger partial charge in [0, 0.05) is 23.8 Å². The highest BCUT2D eigenvalue weighted by molar-refractivity contribution is 6.30. The summed E-state index contributed by atoms with van der Waals surface area (Å²) in [6, 6.07) is 6.35. The smallest absolute Gasteiger partial charge is 0.0410 e. The Bertz CT molecular complexity index is 343. The summed E-state index contributed by atoms with van der Waals surface area (Å²) in [7, 11) is 0. The van der Waals surface area contributed by atoms with Crippen molar-refractivity contribution in [2.24, 2.45) is 0 Å². The maximum absolute atomic E-state index is 6.07. The van der Waals surface area contributed by atoms with Gasteiger partial charge in [-0.1, -0.05) is 24.9 Å². The Kier molecular flexibility index (Phi) is 4.11. The van der Waals surface area contributed by atoms with E-state index in [-0.39, 0.29) is 0 Å². The normalized spacial score (nSPS) is 16.5. The van der Waals surface area contributed by atoms with Crippen molar-refractivity contribution in [1.82, 2.24) is 0 Å². The van der Waals surface area contributed by atoms with Gasteiger partial charge in [0.2, 0.25) is 0 Å². The molecule has 0 aromatic heterocycles. The molecule has 0 N–H and O–H groups in total. The fraction of sp³-hybridized carbons (Fsp3) is 0.571. The molecule has 0 aliphatic carbocycles. The molecule has 88 valence electrons. The van der Waals surface area contributed by atoms with E-state index in [1.54, 1.807) is 0 Å². The minimum atomic E-state index is 0.865. The number of nitrogens with zero attached hydrogens (tertiary/aromatic N) is 1. The van der Waals surface area contributed by atoms with Gasteiger partial charge in [-0.15, -0.1) is 0 Å². The first-order valence-electron chi connectivity index (χ1n) is 6.34. The Labute approximate surface area is 103 Å². The molecule has 0 atom stereocenters. The number of hydrogen-bond acceptors (Lipinski definition) is 1. The molecule has 1 aromatic carbocycles. The molecule has 1 nitrogen and oxygen atoms in total. The molecule has 1 aliphatic rings. The molecule has 0 bridgehead atoms. The molecule has 1 aliphatic heterocycles. The summed E-state index contributed by atoms with van der Waals surface area (Å²) in [5.74, 6) is 0. The summed E-state index contributed by atoms with van der Waals surface area (Å²) in [6.07, 6.45) is 6.35. The van der Waals surface area contributed by atoms with Crippen LogP contribution in [-0.4, -0.2) is 13.1 Å². The van der Waals surface area contributed by atoms with Gasteiger partial charge in [0.1, 0.15) is 0 Å². The number of aryl methyl sites for hydroxylation is 1. The average Bonchev–Trinajstić information content (AvgIpc) is 2.31. The molecule has 0 amide bonds. The van der Waals surface area contributed by atoms with Crippen molar-refractivity contribution in [3.8, 4) is 0 Å². The van der Waals surface area contributed by atoms with Crippen LogP contribution in [0.5, 0.6) is 0 Å². The lowest BCUT2D eigenvalue weighted by molar-refractivity contribution is 0.576. The van der Waals surface area contributed by atoms with E-state index in [4.69, 9.17) is 11.6 Å². The molecule has 2 rings (SSSR count). The minimum Gasteiger partial charge on any atom is -0.371 e. The second kappa shape index (κ2) is 5.58. The summed E-state index contributed by atoms with van der Waals surface area (Å²) in [4.78, 5) is 2.52. The number of anilines is 1. The van der Waals surface area contributed by atoms with E-state index in [9.17, 15) is 0 Å². The lowest BCUT2D eigenvalue weighted by Gasteiger charge is -2.30. The predicted molar refractivity (Wildman–Crippen MR) is 71.5 cm³/mol. The van der Waals surface area contributed by atoms with Crippen LogP contribution in [0.2, 0.25) is 5.02 Å². The van der Waals surface area contributed by atoms with Crippen molar-refractivity contribution >= 4 is 17.3 Å². The molecule has 0 spiro atoms. The average molecular weight is 238 g/mol. The Morgan fingerprint density at radius 2 is 1.94 bits per heavy atom. The highest BCUT2D eigenvalue weighted by Gasteiger charge is 2.14. The van der Waals surface area contributed by atoms with Gasteiger partial charge in [0.05, 0.1) is 0 Å². The summed E-state index contributed by atoms with van der Waals surface area (Å²) in [5, 5.41) is 0.865. The lowest BCUT2D eigenvalue weighted by atomic mass is 10.0. The molecule has 0 unspecified atom stereocenters.